The first kappa shape index (κ1) is 25.1. The van der Waals surface area contributed by atoms with Crippen molar-refractivity contribution in [3.8, 4) is 27.9 Å². The van der Waals surface area contributed by atoms with Crippen LogP contribution in [0.15, 0.2) is 146 Å². The Labute approximate surface area is 267 Å². The van der Waals surface area contributed by atoms with E-state index in [9.17, 15) is 0 Å². The lowest BCUT2D eigenvalue weighted by atomic mass is 10.00. The summed E-state index contributed by atoms with van der Waals surface area (Å²) in [5.74, 6) is 0. The third kappa shape index (κ3) is 3.70. The summed E-state index contributed by atoms with van der Waals surface area (Å²) in [6.45, 7) is 0. The Bertz CT molecular complexity index is 2750. The van der Waals surface area contributed by atoms with E-state index in [0.717, 1.165) is 16.7 Å². The molecular formula is C41H24N2S2. The van der Waals surface area contributed by atoms with E-state index in [0.29, 0.717) is 0 Å². The van der Waals surface area contributed by atoms with Crippen molar-refractivity contribution < 1.29 is 0 Å². The predicted molar refractivity (Wildman–Crippen MR) is 195 cm³/mol. The van der Waals surface area contributed by atoms with Crippen molar-refractivity contribution >= 4 is 85.0 Å². The van der Waals surface area contributed by atoms with Gasteiger partial charge in [-0.3, -0.25) is 4.98 Å². The maximum absolute atomic E-state index is 4.86. The minimum Gasteiger partial charge on any atom is -0.308 e. The second-order valence-corrected chi connectivity index (χ2v) is 13.7. The van der Waals surface area contributed by atoms with Crippen LogP contribution in [0.5, 0.6) is 0 Å². The maximum atomic E-state index is 4.86. The second kappa shape index (κ2) is 9.60. The largest absolute Gasteiger partial charge is 0.308 e. The van der Waals surface area contributed by atoms with Gasteiger partial charge in [-0.05, 0) is 64.7 Å². The molecule has 2 nitrogen and oxygen atoms in total. The van der Waals surface area contributed by atoms with Crippen LogP contribution in [0.1, 0.15) is 0 Å². The van der Waals surface area contributed by atoms with Gasteiger partial charge >= 0.3 is 0 Å². The molecule has 0 N–H and O–H groups in total. The Morgan fingerprint density at radius 2 is 1.13 bits per heavy atom. The van der Waals surface area contributed by atoms with Crippen molar-refractivity contribution in [2.75, 3.05) is 0 Å². The van der Waals surface area contributed by atoms with Crippen LogP contribution in [0.4, 0.5) is 0 Å². The van der Waals surface area contributed by atoms with Crippen LogP contribution in [0.3, 0.4) is 0 Å². The zero-order chi connectivity index (χ0) is 29.5. The number of benzene rings is 6. The van der Waals surface area contributed by atoms with Gasteiger partial charge in [0.2, 0.25) is 0 Å². The average Bonchev–Trinajstić information content (AvgIpc) is 3.77. The summed E-state index contributed by atoms with van der Waals surface area (Å²) >= 11 is 3.76. The van der Waals surface area contributed by atoms with Gasteiger partial charge in [0, 0.05) is 57.6 Å². The molecule has 4 heteroatoms. The maximum Gasteiger partial charge on any atom is 0.0963 e. The molecule has 210 valence electrons. The molecule has 10 aromatic rings. The fourth-order valence-corrected chi connectivity index (χ4v) is 9.50. The molecule has 0 fully saturated rings. The molecule has 0 aliphatic carbocycles. The molecule has 0 amide bonds. The molecular weight excluding hydrogens is 585 g/mol. The van der Waals surface area contributed by atoms with E-state index >= 15 is 0 Å². The summed E-state index contributed by atoms with van der Waals surface area (Å²) in [6, 6.07) is 50.8. The predicted octanol–water partition coefficient (Wildman–Crippen LogP) is 12.2. The van der Waals surface area contributed by atoms with Crippen LogP contribution in [0, 0.1) is 0 Å². The highest BCUT2D eigenvalue weighted by Gasteiger charge is 2.17. The summed E-state index contributed by atoms with van der Waals surface area (Å²) in [5, 5.41) is 6.44. The zero-order valence-corrected chi connectivity index (χ0v) is 25.7. The van der Waals surface area contributed by atoms with Gasteiger partial charge in [-0.1, -0.05) is 97.1 Å². The molecule has 0 atom stereocenters. The van der Waals surface area contributed by atoms with E-state index in [-0.39, 0.29) is 0 Å². The number of fused-ring (bicyclic) bond motifs is 9. The molecule has 0 spiro atoms. The van der Waals surface area contributed by atoms with Crippen LogP contribution in [0.2, 0.25) is 0 Å². The SMILES string of the molecule is c1ccc(-c2cccc3c2sc2c(-c4ccc(-n5c6cc7sc8ccccc8c7cc6c6ncccc65)cc4)cccc23)cc1. The molecule has 10 rings (SSSR count). The molecule has 0 radical (unpaired) electrons. The molecule has 6 aromatic carbocycles. The van der Waals surface area contributed by atoms with Crippen molar-refractivity contribution in [3.63, 3.8) is 0 Å². The molecule has 0 saturated carbocycles. The van der Waals surface area contributed by atoms with E-state index in [1.165, 1.54) is 73.5 Å². The average molecular weight is 609 g/mol. The van der Waals surface area contributed by atoms with Crippen LogP contribution in [-0.2, 0) is 0 Å². The van der Waals surface area contributed by atoms with Crippen molar-refractivity contribution in [1.82, 2.24) is 9.55 Å². The third-order valence-corrected chi connectivity index (χ3v) is 11.5. The lowest BCUT2D eigenvalue weighted by Gasteiger charge is -2.10. The Balaban J connectivity index is 1.15. The van der Waals surface area contributed by atoms with Crippen molar-refractivity contribution in [2.45, 2.75) is 0 Å². The zero-order valence-electron chi connectivity index (χ0n) is 24.1. The normalized spacial score (nSPS) is 12.0. The quantitative estimate of drug-likeness (QED) is 0.195. The number of thiophene rings is 2. The summed E-state index contributed by atoms with van der Waals surface area (Å²) in [6.07, 6.45) is 1.90. The number of nitrogens with zero attached hydrogens (tertiary/aromatic N) is 2. The Morgan fingerprint density at radius 1 is 0.444 bits per heavy atom. The Kier molecular flexibility index (Phi) is 5.35. The number of pyridine rings is 1. The number of rotatable bonds is 3. The minimum absolute atomic E-state index is 1.04. The molecule has 0 aliphatic rings. The fraction of sp³-hybridized carbons (Fsp3) is 0. The van der Waals surface area contributed by atoms with Crippen molar-refractivity contribution in [3.05, 3.63) is 146 Å². The second-order valence-electron chi connectivity index (χ2n) is 11.5. The van der Waals surface area contributed by atoms with Crippen molar-refractivity contribution in [2.24, 2.45) is 0 Å². The first-order valence-electron chi connectivity index (χ1n) is 15.1. The van der Waals surface area contributed by atoms with E-state index in [2.05, 4.69) is 138 Å². The number of hydrogen-bond acceptors (Lipinski definition) is 3. The summed E-state index contributed by atoms with van der Waals surface area (Å²) in [7, 11) is 0. The third-order valence-electron chi connectivity index (χ3n) is 9.06. The van der Waals surface area contributed by atoms with E-state index in [4.69, 9.17) is 4.98 Å². The first-order valence-corrected chi connectivity index (χ1v) is 16.8. The molecule has 4 aromatic heterocycles. The molecule has 0 saturated heterocycles. The number of aromatic nitrogens is 2. The standard InChI is InChI=1S/C41H24N2S2/c1-2-9-25(10-3-1)28-12-6-14-31-32-15-7-13-29(41(32)45-40(28)31)26-18-20-27(21-19-26)43-35-16-8-22-42-39(35)34-23-33-30-11-4-5-17-37(30)44-38(33)24-36(34)43/h1-24H. The topological polar surface area (TPSA) is 17.8 Å². The lowest BCUT2D eigenvalue weighted by Crippen LogP contribution is -1.93. The molecule has 4 heterocycles. The summed E-state index contributed by atoms with van der Waals surface area (Å²) in [4.78, 5) is 4.86. The highest BCUT2D eigenvalue weighted by molar-refractivity contribution is 7.27. The summed E-state index contributed by atoms with van der Waals surface area (Å²) < 4.78 is 7.66. The highest BCUT2D eigenvalue weighted by Crippen LogP contribution is 2.44. The molecule has 0 bridgehead atoms. The van der Waals surface area contributed by atoms with Gasteiger partial charge < -0.3 is 4.57 Å². The minimum atomic E-state index is 1.04. The highest BCUT2D eigenvalue weighted by atomic mass is 32.1. The van der Waals surface area contributed by atoms with Crippen LogP contribution < -0.4 is 0 Å². The van der Waals surface area contributed by atoms with E-state index in [1.54, 1.807) is 0 Å². The lowest BCUT2D eigenvalue weighted by molar-refractivity contribution is 1.18. The smallest absolute Gasteiger partial charge is 0.0963 e. The summed E-state index contributed by atoms with van der Waals surface area (Å²) in [5.41, 5.74) is 9.55. The molecule has 0 unspecified atom stereocenters. The van der Waals surface area contributed by atoms with Gasteiger partial charge in [-0.15, -0.1) is 22.7 Å². The van der Waals surface area contributed by atoms with Gasteiger partial charge in [0.1, 0.15) is 0 Å². The monoisotopic (exact) mass is 608 g/mol. The van der Waals surface area contributed by atoms with Crippen LogP contribution >= 0.6 is 22.7 Å². The van der Waals surface area contributed by atoms with Crippen molar-refractivity contribution in [1.29, 1.82) is 0 Å². The van der Waals surface area contributed by atoms with Gasteiger partial charge in [0.05, 0.1) is 16.6 Å². The Morgan fingerprint density at radius 3 is 1.91 bits per heavy atom. The molecule has 45 heavy (non-hydrogen) atoms. The van der Waals surface area contributed by atoms with E-state index < -0.39 is 0 Å². The van der Waals surface area contributed by atoms with Gasteiger partial charge in [0.15, 0.2) is 0 Å². The Hall–Kier alpha value is -5.29. The van der Waals surface area contributed by atoms with Gasteiger partial charge in [0.25, 0.3) is 0 Å². The first-order chi connectivity index (χ1) is 22.3. The van der Waals surface area contributed by atoms with Crippen LogP contribution in [0.25, 0.3) is 90.2 Å². The molecule has 0 aliphatic heterocycles. The van der Waals surface area contributed by atoms with Gasteiger partial charge in [-0.25, -0.2) is 0 Å². The fourth-order valence-electron chi connectivity index (χ4n) is 7.01. The van der Waals surface area contributed by atoms with Crippen LogP contribution in [-0.4, -0.2) is 9.55 Å². The van der Waals surface area contributed by atoms with Gasteiger partial charge in [-0.2, -0.15) is 0 Å². The number of hydrogen-bond donors (Lipinski definition) is 0. The van der Waals surface area contributed by atoms with E-state index in [1.807, 2.05) is 34.9 Å².